The summed E-state index contributed by atoms with van der Waals surface area (Å²) in [6.45, 7) is 1.68. The fourth-order valence-corrected chi connectivity index (χ4v) is 2.40. The van der Waals surface area contributed by atoms with Crippen LogP contribution in [0.2, 0.25) is 0 Å². The number of hydrogen-bond acceptors (Lipinski definition) is 3. The molecule has 1 saturated heterocycles. The number of rotatable bonds is 1. The maximum Gasteiger partial charge on any atom is 0.248 e. The van der Waals surface area contributed by atoms with E-state index in [1.54, 1.807) is 0 Å². The lowest BCUT2D eigenvalue weighted by Crippen LogP contribution is -2.50. The number of nitrogens with two attached hydrogens (primary N) is 1. The summed E-state index contributed by atoms with van der Waals surface area (Å²) in [5.41, 5.74) is 5.91. The zero-order valence-corrected chi connectivity index (χ0v) is 8.45. The Morgan fingerprint density at radius 3 is 3.00 bits per heavy atom. The van der Waals surface area contributed by atoms with Gasteiger partial charge in [0.25, 0.3) is 0 Å². The molecule has 2 N–H and O–H groups in total. The number of morpholine rings is 1. The number of hydrogen-bond donors (Lipinski definition) is 1. The number of ether oxygens (including phenoxy) is 1. The smallest absolute Gasteiger partial charge is 0.248 e. The van der Waals surface area contributed by atoms with Gasteiger partial charge in [0.2, 0.25) is 5.91 Å². The van der Waals surface area contributed by atoms with Gasteiger partial charge in [0, 0.05) is 18.6 Å². The summed E-state index contributed by atoms with van der Waals surface area (Å²) in [6, 6.07) is 0.652. The molecule has 14 heavy (non-hydrogen) atoms. The van der Waals surface area contributed by atoms with Crippen molar-refractivity contribution < 1.29 is 9.53 Å². The van der Waals surface area contributed by atoms with Gasteiger partial charge in [0.1, 0.15) is 6.61 Å². The van der Waals surface area contributed by atoms with Crippen LogP contribution in [0.1, 0.15) is 25.7 Å². The summed E-state index contributed by atoms with van der Waals surface area (Å²) in [6.07, 6.45) is 4.33. The summed E-state index contributed by atoms with van der Waals surface area (Å²) in [7, 11) is 0. The Bertz CT molecular complexity index is 220. The summed E-state index contributed by atoms with van der Waals surface area (Å²) in [5, 5.41) is 0. The average molecular weight is 198 g/mol. The highest BCUT2D eigenvalue weighted by Crippen LogP contribution is 2.22. The first-order valence-corrected chi connectivity index (χ1v) is 5.40. The average Bonchev–Trinajstić information content (AvgIpc) is 2.18. The van der Waals surface area contributed by atoms with E-state index >= 15 is 0 Å². The molecule has 1 aliphatic heterocycles. The highest BCUT2D eigenvalue weighted by Gasteiger charge is 2.29. The van der Waals surface area contributed by atoms with Crippen LogP contribution < -0.4 is 5.73 Å². The van der Waals surface area contributed by atoms with Crippen LogP contribution in [-0.4, -0.2) is 42.6 Å². The molecule has 2 unspecified atom stereocenters. The third-order valence-electron chi connectivity index (χ3n) is 3.15. The van der Waals surface area contributed by atoms with Crippen LogP contribution in [0.4, 0.5) is 0 Å². The van der Waals surface area contributed by atoms with Crippen LogP contribution in [-0.2, 0) is 9.53 Å². The highest BCUT2D eigenvalue weighted by molar-refractivity contribution is 5.78. The van der Waals surface area contributed by atoms with Crippen molar-refractivity contribution >= 4 is 5.91 Å². The maximum absolute atomic E-state index is 11.6. The fraction of sp³-hybridized carbons (Fsp3) is 0.900. The van der Waals surface area contributed by atoms with Gasteiger partial charge in [-0.25, -0.2) is 0 Å². The van der Waals surface area contributed by atoms with E-state index in [4.69, 9.17) is 10.5 Å². The second-order valence-electron chi connectivity index (χ2n) is 4.22. The van der Waals surface area contributed by atoms with Gasteiger partial charge < -0.3 is 15.4 Å². The predicted molar refractivity (Wildman–Crippen MR) is 52.8 cm³/mol. The minimum Gasteiger partial charge on any atom is -0.370 e. The molecule has 2 rings (SSSR count). The van der Waals surface area contributed by atoms with Crippen molar-refractivity contribution in [2.75, 3.05) is 19.8 Å². The molecule has 4 nitrogen and oxygen atoms in total. The number of carbonyl (C=O) groups excluding carboxylic acids is 1. The van der Waals surface area contributed by atoms with Gasteiger partial charge in [-0.1, -0.05) is 0 Å². The Hall–Kier alpha value is -0.610. The molecule has 0 bridgehead atoms. The van der Waals surface area contributed by atoms with E-state index in [0.717, 1.165) is 32.2 Å². The molecule has 2 atom stereocenters. The standard InChI is InChI=1S/C10H18N2O2/c11-8-2-1-3-9(6-8)12-4-5-14-7-10(12)13/h8-9H,1-7,11H2. The van der Waals surface area contributed by atoms with E-state index < -0.39 is 0 Å². The lowest BCUT2D eigenvalue weighted by atomic mass is 9.90. The predicted octanol–water partition coefficient (Wildman–Crippen LogP) is 0.115. The zero-order valence-electron chi connectivity index (χ0n) is 8.45. The van der Waals surface area contributed by atoms with Gasteiger partial charge in [0.05, 0.1) is 6.61 Å². The van der Waals surface area contributed by atoms with E-state index in [2.05, 4.69) is 0 Å². The van der Waals surface area contributed by atoms with Crippen molar-refractivity contribution in [2.24, 2.45) is 5.73 Å². The first kappa shape index (κ1) is 9.93. The second kappa shape index (κ2) is 4.28. The molecule has 1 amide bonds. The van der Waals surface area contributed by atoms with Gasteiger partial charge in [-0.2, -0.15) is 0 Å². The van der Waals surface area contributed by atoms with E-state index in [1.165, 1.54) is 0 Å². The Balaban J connectivity index is 1.94. The molecular weight excluding hydrogens is 180 g/mol. The van der Waals surface area contributed by atoms with Crippen molar-refractivity contribution in [3.63, 3.8) is 0 Å². The summed E-state index contributed by atoms with van der Waals surface area (Å²) in [4.78, 5) is 13.5. The molecule has 0 aromatic carbocycles. The Morgan fingerprint density at radius 2 is 2.29 bits per heavy atom. The van der Waals surface area contributed by atoms with Crippen LogP contribution >= 0.6 is 0 Å². The van der Waals surface area contributed by atoms with Gasteiger partial charge >= 0.3 is 0 Å². The summed E-state index contributed by atoms with van der Waals surface area (Å²) >= 11 is 0. The molecule has 1 saturated carbocycles. The first-order chi connectivity index (χ1) is 6.77. The number of nitrogens with zero attached hydrogens (tertiary/aromatic N) is 1. The monoisotopic (exact) mass is 198 g/mol. The molecule has 2 fully saturated rings. The fourth-order valence-electron chi connectivity index (χ4n) is 2.40. The van der Waals surface area contributed by atoms with E-state index in [0.29, 0.717) is 12.6 Å². The summed E-state index contributed by atoms with van der Waals surface area (Å²) < 4.78 is 5.11. The Kier molecular flexibility index (Phi) is 3.03. The number of carbonyl (C=O) groups is 1. The lowest BCUT2D eigenvalue weighted by Gasteiger charge is -2.38. The molecule has 80 valence electrons. The van der Waals surface area contributed by atoms with Crippen molar-refractivity contribution in [3.05, 3.63) is 0 Å². The number of amides is 1. The van der Waals surface area contributed by atoms with Crippen LogP contribution in [0.15, 0.2) is 0 Å². The van der Waals surface area contributed by atoms with E-state index in [-0.39, 0.29) is 18.6 Å². The molecule has 2 aliphatic rings. The molecule has 4 heteroatoms. The van der Waals surface area contributed by atoms with Crippen LogP contribution in [0.5, 0.6) is 0 Å². The minimum atomic E-state index is 0.135. The Labute approximate surface area is 84.4 Å². The maximum atomic E-state index is 11.6. The lowest BCUT2D eigenvalue weighted by molar-refractivity contribution is -0.146. The van der Waals surface area contributed by atoms with Crippen LogP contribution in [0.3, 0.4) is 0 Å². The first-order valence-electron chi connectivity index (χ1n) is 5.40. The van der Waals surface area contributed by atoms with Gasteiger partial charge in [-0.3, -0.25) is 4.79 Å². The third kappa shape index (κ3) is 2.07. The molecule has 0 aromatic heterocycles. The van der Waals surface area contributed by atoms with Gasteiger partial charge in [-0.05, 0) is 25.7 Å². The van der Waals surface area contributed by atoms with Gasteiger partial charge in [-0.15, -0.1) is 0 Å². The molecule has 0 spiro atoms. The zero-order chi connectivity index (χ0) is 9.97. The molecule has 1 heterocycles. The summed E-state index contributed by atoms with van der Waals surface area (Å²) in [5.74, 6) is 0.135. The van der Waals surface area contributed by atoms with Crippen LogP contribution in [0.25, 0.3) is 0 Å². The second-order valence-corrected chi connectivity index (χ2v) is 4.22. The molecule has 0 radical (unpaired) electrons. The minimum absolute atomic E-state index is 0.135. The molecular formula is C10H18N2O2. The van der Waals surface area contributed by atoms with Crippen LogP contribution in [0, 0.1) is 0 Å². The van der Waals surface area contributed by atoms with Crippen molar-refractivity contribution in [3.8, 4) is 0 Å². The quantitative estimate of drug-likeness (QED) is 0.651. The third-order valence-corrected chi connectivity index (χ3v) is 3.15. The van der Waals surface area contributed by atoms with Crippen molar-refractivity contribution in [2.45, 2.75) is 37.8 Å². The highest BCUT2D eigenvalue weighted by atomic mass is 16.5. The largest absolute Gasteiger partial charge is 0.370 e. The van der Waals surface area contributed by atoms with Crippen molar-refractivity contribution in [1.29, 1.82) is 0 Å². The van der Waals surface area contributed by atoms with Gasteiger partial charge in [0.15, 0.2) is 0 Å². The normalized spacial score (nSPS) is 34.6. The van der Waals surface area contributed by atoms with Crippen molar-refractivity contribution in [1.82, 2.24) is 4.90 Å². The topological polar surface area (TPSA) is 55.6 Å². The SMILES string of the molecule is NC1CCCC(N2CCOCC2=O)C1. The molecule has 1 aliphatic carbocycles. The van der Waals surface area contributed by atoms with E-state index in [9.17, 15) is 4.79 Å². The Morgan fingerprint density at radius 1 is 1.43 bits per heavy atom. The molecule has 0 aromatic rings. The van der Waals surface area contributed by atoms with E-state index in [1.807, 2.05) is 4.90 Å².